The molecule has 1 rings (SSSR count). The Morgan fingerprint density at radius 2 is 2.00 bits per heavy atom. The van der Waals surface area contributed by atoms with Crippen molar-refractivity contribution < 1.29 is 9.59 Å². The summed E-state index contributed by atoms with van der Waals surface area (Å²) >= 11 is 0. The summed E-state index contributed by atoms with van der Waals surface area (Å²) in [5.41, 5.74) is 0. The standard InChI is InChI=1S/C12H23N5O2.HI/c1-3-4-5-6-14-11(13-2)15-7-8-17-10(18)9-16-12(17)19;/h3-9H2,1-2H3,(H,16,19)(H2,13,14,15);1H. The first-order valence-corrected chi connectivity index (χ1v) is 6.71. The van der Waals surface area contributed by atoms with Crippen LogP contribution in [0.15, 0.2) is 4.99 Å². The van der Waals surface area contributed by atoms with E-state index in [2.05, 4.69) is 27.9 Å². The predicted octanol–water partition coefficient (Wildman–Crippen LogP) is 0.511. The molecule has 1 aliphatic heterocycles. The van der Waals surface area contributed by atoms with E-state index < -0.39 is 0 Å². The van der Waals surface area contributed by atoms with Crippen LogP contribution in [-0.4, -0.2) is 56.0 Å². The Bertz CT molecular complexity index is 333. The fourth-order valence-corrected chi connectivity index (χ4v) is 1.77. The molecular formula is C12H24IN5O2. The molecular weight excluding hydrogens is 373 g/mol. The van der Waals surface area contributed by atoms with E-state index in [0.717, 1.165) is 13.0 Å². The van der Waals surface area contributed by atoms with E-state index in [0.29, 0.717) is 19.0 Å². The predicted molar refractivity (Wildman–Crippen MR) is 89.4 cm³/mol. The van der Waals surface area contributed by atoms with Crippen molar-refractivity contribution in [2.45, 2.75) is 26.2 Å². The summed E-state index contributed by atoms with van der Waals surface area (Å²) in [6.45, 7) is 3.97. The number of halogens is 1. The monoisotopic (exact) mass is 397 g/mol. The van der Waals surface area contributed by atoms with Gasteiger partial charge in [-0.3, -0.25) is 14.7 Å². The number of guanidine groups is 1. The average Bonchev–Trinajstić information content (AvgIpc) is 2.73. The van der Waals surface area contributed by atoms with Gasteiger partial charge in [0.1, 0.15) is 0 Å². The van der Waals surface area contributed by atoms with E-state index in [1.54, 1.807) is 7.05 Å². The summed E-state index contributed by atoms with van der Waals surface area (Å²) in [5.74, 6) is 0.515. The lowest BCUT2D eigenvalue weighted by Crippen LogP contribution is -2.43. The number of nitrogens with one attached hydrogen (secondary N) is 3. The van der Waals surface area contributed by atoms with Crippen LogP contribution in [0.25, 0.3) is 0 Å². The third-order valence-electron chi connectivity index (χ3n) is 2.86. The molecule has 3 N–H and O–H groups in total. The molecule has 3 amide bonds. The minimum Gasteiger partial charge on any atom is -0.356 e. The summed E-state index contributed by atoms with van der Waals surface area (Å²) in [5, 5.41) is 8.75. The molecule has 1 fully saturated rings. The summed E-state index contributed by atoms with van der Waals surface area (Å²) in [6.07, 6.45) is 3.47. The van der Waals surface area contributed by atoms with Gasteiger partial charge in [-0.05, 0) is 6.42 Å². The zero-order valence-corrected chi connectivity index (χ0v) is 14.4. The summed E-state index contributed by atoms with van der Waals surface area (Å²) in [4.78, 5) is 27.9. The Morgan fingerprint density at radius 1 is 1.30 bits per heavy atom. The second kappa shape index (κ2) is 10.7. The lowest BCUT2D eigenvalue weighted by atomic mass is 10.2. The highest BCUT2D eigenvalue weighted by molar-refractivity contribution is 14.0. The molecule has 20 heavy (non-hydrogen) atoms. The molecule has 0 unspecified atom stereocenters. The molecule has 0 spiro atoms. The number of imide groups is 1. The molecule has 1 saturated heterocycles. The van der Waals surface area contributed by atoms with Crippen LogP contribution in [0.4, 0.5) is 4.79 Å². The van der Waals surface area contributed by atoms with E-state index in [4.69, 9.17) is 0 Å². The lowest BCUT2D eigenvalue weighted by Gasteiger charge is -2.15. The van der Waals surface area contributed by atoms with Gasteiger partial charge in [0, 0.05) is 26.7 Å². The Labute approximate surface area is 137 Å². The first-order chi connectivity index (χ1) is 9.19. The van der Waals surface area contributed by atoms with Gasteiger partial charge in [0.15, 0.2) is 5.96 Å². The van der Waals surface area contributed by atoms with Crippen LogP contribution in [0.5, 0.6) is 0 Å². The van der Waals surface area contributed by atoms with Gasteiger partial charge in [0.25, 0.3) is 0 Å². The molecule has 0 aromatic heterocycles. The number of carbonyl (C=O) groups is 2. The van der Waals surface area contributed by atoms with Crippen molar-refractivity contribution in [2.75, 3.05) is 33.2 Å². The largest absolute Gasteiger partial charge is 0.356 e. The summed E-state index contributed by atoms with van der Waals surface area (Å²) in [7, 11) is 1.70. The molecule has 116 valence electrons. The van der Waals surface area contributed by atoms with Crippen molar-refractivity contribution in [1.29, 1.82) is 0 Å². The first kappa shape index (κ1) is 18.9. The Hall–Kier alpha value is -1.06. The quantitative estimate of drug-likeness (QED) is 0.192. The van der Waals surface area contributed by atoms with Crippen LogP contribution in [0.1, 0.15) is 26.2 Å². The minimum absolute atomic E-state index is 0. The van der Waals surface area contributed by atoms with Crippen LogP contribution >= 0.6 is 24.0 Å². The minimum atomic E-state index is -0.322. The van der Waals surface area contributed by atoms with Crippen molar-refractivity contribution in [2.24, 2.45) is 4.99 Å². The van der Waals surface area contributed by atoms with Gasteiger partial charge >= 0.3 is 6.03 Å². The molecule has 8 heteroatoms. The topological polar surface area (TPSA) is 85.8 Å². The number of unbranched alkanes of at least 4 members (excludes halogenated alkanes) is 2. The third kappa shape index (κ3) is 6.40. The Balaban J connectivity index is 0.00000361. The van der Waals surface area contributed by atoms with Crippen LogP contribution in [-0.2, 0) is 4.79 Å². The van der Waals surface area contributed by atoms with Gasteiger partial charge in [-0.2, -0.15) is 0 Å². The second-order valence-electron chi connectivity index (χ2n) is 4.34. The molecule has 0 radical (unpaired) electrons. The van der Waals surface area contributed by atoms with E-state index in [1.807, 2.05) is 0 Å². The number of aliphatic imine (C=N–C) groups is 1. The van der Waals surface area contributed by atoms with Crippen molar-refractivity contribution in [3.05, 3.63) is 0 Å². The SMILES string of the molecule is CCCCCNC(=NC)NCCN1C(=O)CNC1=O.I. The summed E-state index contributed by atoms with van der Waals surface area (Å²) < 4.78 is 0. The second-order valence-corrected chi connectivity index (χ2v) is 4.34. The van der Waals surface area contributed by atoms with E-state index >= 15 is 0 Å². The molecule has 7 nitrogen and oxygen atoms in total. The van der Waals surface area contributed by atoms with E-state index in [1.165, 1.54) is 17.7 Å². The molecule has 0 bridgehead atoms. The van der Waals surface area contributed by atoms with Gasteiger partial charge in [0.2, 0.25) is 5.91 Å². The molecule has 0 aliphatic carbocycles. The molecule has 0 atom stereocenters. The lowest BCUT2D eigenvalue weighted by molar-refractivity contribution is -0.124. The fraction of sp³-hybridized carbons (Fsp3) is 0.750. The van der Waals surface area contributed by atoms with Crippen LogP contribution in [0.3, 0.4) is 0 Å². The number of hydrogen-bond acceptors (Lipinski definition) is 3. The van der Waals surface area contributed by atoms with Crippen molar-refractivity contribution in [1.82, 2.24) is 20.9 Å². The number of rotatable bonds is 7. The number of amides is 3. The van der Waals surface area contributed by atoms with Gasteiger partial charge in [-0.1, -0.05) is 19.8 Å². The summed E-state index contributed by atoms with van der Waals surface area (Å²) in [6, 6.07) is -0.322. The Kier molecular flexibility index (Phi) is 10.1. The smallest absolute Gasteiger partial charge is 0.324 e. The molecule has 0 aromatic carbocycles. The molecule has 0 saturated carbocycles. The van der Waals surface area contributed by atoms with Gasteiger partial charge in [-0.25, -0.2) is 4.79 Å². The maximum atomic E-state index is 11.3. The fourth-order valence-electron chi connectivity index (χ4n) is 1.77. The zero-order valence-electron chi connectivity index (χ0n) is 12.1. The highest BCUT2D eigenvalue weighted by Crippen LogP contribution is 1.97. The maximum absolute atomic E-state index is 11.3. The Morgan fingerprint density at radius 3 is 2.55 bits per heavy atom. The molecule has 1 aliphatic rings. The van der Waals surface area contributed by atoms with E-state index in [-0.39, 0.29) is 42.5 Å². The van der Waals surface area contributed by atoms with Crippen molar-refractivity contribution in [3.8, 4) is 0 Å². The van der Waals surface area contributed by atoms with Crippen LogP contribution in [0, 0.1) is 0 Å². The average molecular weight is 397 g/mol. The van der Waals surface area contributed by atoms with Crippen molar-refractivity contribution in [3.63, 3.8) is 0 Å². The van der Waals surface area contributed by atoms with Gasteiger partial charge in [-0.15, -0.1) is 24.0 Å². The van der Waals surface area contributed by atoms with Gasteiger partial charge < -0.3 is 16.0 Å². The maximum Gasteiger partial charge on any atom is 0.324 e. The highest BCUT2D eigenvalue weighted by atomic mass is 127. The normalized spacial score (nSPS) is 14.9. The molecule has 0 aromatic rings. The zero-order chi connectivity index (χ0) is 14.1. The van der Waals surface area contributed by atoms with Crippen molar-refractivity contribution >= 4 is 41.9 Å². The third-order valence-corrected chi connectivity index (χ3v) is 2.86. The number of carbonyl (C=O) groups excluding carboxylic acids is 2. The van der Waals surface area contributed by atoms with Gasteiger partial charge in [0.05, 0.1) is 6.54 Å². The molecule has 1 heterocycles. The highest BCUT2D eigenvalue weighted by Gasteiger charge is 2.27. The van der Waals surface area contributed by atoms with Crippen LogP contribution < -0.4 is 16.0 Å². The number of nitrogens with zero attached hydrogens (tertiary/aromatic N) is 2. The van der Waals surface area contributed by atoms with Crippen LogP contribution in [0.2, 0.25) is 0 Å². The van der Waals surface area contributed by atoms with E-state index in [9.17, 15) is 9.59 Å². The number of urea groups is 1. The first-order valence-electron chi connectivity index (χ1n) is 6.71. The number of hydrogen-bond donors (Lipinski definition) is 3.